The number of likely N-dealkylation sites (N-methyl/N-ethyl adjacent to an activating group) is 1. The van der Waals surface area contributed by atoms with Crippen LogP contribution in [0.4, 0.5) is 0 Å². The number of hydrogen-bond donors (Lipinski definition) is 1. The summed E-state index contributed by atoms with van der Waals surface area (Å²) >= 11 is 0. The summed E-state index contributed by atoms with van der Waals surface area (Å²) in [5.74, 6) is 0.813. The second-order valence-corrected chi connectivity index (χ2v) is 11.5. The smallest absolute Gasteiger partial charge is 0.219 e. The van der Waals surface area contributed by atoms with E-state index in [0.717, 1.165) is 44.2 Å². The van der Waals surface area contributed by atoms with Crippen molar-refractivity contribution in [2.75, 3.05) is 13.6 Å². The zero-order valence-corrected chi connectivity index (χ0v) is 23.6. The summed E-state index contributed by atoms with van der Waals surface area (Å²) in [6, 6.07) is 5.71. The fraction of sp³-hybridized carbons (Fsp3) is 0.500. The van der Waals surface area contributed by atoms with Crippen LogP contribution in [0.5, 0.6) is 5.88 Å². The molecule has 2 saturated carbocycles. The van der Waals surface area contributed by atoms with Crippen LogP contribution in [0.1, 0.15) is 70.5 Å². The summed E-state index contributed by atoms with van der Waals surface area (Å²) in [4.78, 5) is 42.7. The normalized spacial score (nSPS) is 25.5. The number of ether oxygens (including phenoxy) is 1. The number of carbonyl (C=O) groups is 2. The molecule has 3 atom stereocenters. The van der Waals surface area contributed by atoms with Crippen LogP contribution in [0.15, 0.2) is 42.4 Å². The molecule has 1 spiro atoms. The van der Waals surface area contributed by atoms with E-state index in [2.05, 4.69) is 32.2 Å². The van der Waals surface area contributed by atoms with Crippen molar-refractivity contribution in [3.05, 3.63) is 48.2 Å². The standard InChI is InChI=1S/C30H36N8O3/c1-19(23-10-7-15-37(23)2)41-26-16-25(38-18-22(35-36-38)20-8-6-14-32-17-20)33-29(34-26)27(31)21-9-5-13-30(28(21)40)12-4-3-11-24(30)39/h6,8,14,16-19,23H,3-5,7,9-13,15,31H2,1-2H3/t19-,23-,30+/m0/s1. The summed E-state index contributed by atoms with van der Waals surface area (Å²) in [6.45, 7) is 3.06. The van der Waals surface area contributed by atoms with E-state index in [1.807, 2.05) is 19.1 Å². The first-order valence-electron chi connectivity index (χ1n) is 14.5. The van der Waals surface area contributed by atoms with E-state index < -0.39 is 5.41 Å². The number of rotatable bonds is 6. The molecule has 4 heterocycles. The molecule has 3 aromatic heterocycles. The van der Waals surface area contributed by atoms with Crippen molar-refractivity contribution >= 4 is 17.3 Å². The van der Waals surface area contributed by atoms with E-state index in [9.17, 15) is 9.59 Å². The van der Waals surface area contributed by atoms with Crippen molar-refractivity contribution in [3.63, 3.8) is 0 Å². The van der Waals surface area contributed by atoms with Crippen LogP contribution in [-0.2, 0) is 9.59 Å². The summed E-state index contributed by atoms with van der Waals surface area (Å²) in [7, 11) is 2.10. The van der Waals surface area contributed by atoms with E-state index in [0.29, 0.717) is 48.6 Å². The number of nitrogens with two attached hydrogens (primary N) is 1. The number of hydrogen-bond acceptors (Lipinski definition) is 10. The molecular weight excluding hydrogens is 520 g/mol. The molecule has 3 fully saturated rings. The van der Waals surface area contributed by atoms with Gasteiger partial charge in [-0.05, 0) is 77.6 Å². The summed E-state index contributed by atoms with van der Waals surface area (Å²) in [5.41, 5.74) is 7.81. The van der Waals surface area contributed by atoms with Crippen LogP contribution in [-0.4, -0.2) is 72.2 Å². The first-order valence-corrected chi connectivity index (χ1v) is 14.5. The second-order valence-electron chi connectivity index (χ2n) is 11.5. The summed E-state index contributed by atoms with van der Waals surface area (Å²) < 4.78 is 7.91. The number of carbonyl (C=O) groups excluding carboxylic acids is 2. The minimum atomic E-state index is -0.959. The first-order chi connectivity index (χ1) is 19.9. The Hall–Kier alpha value is -3.99. The molecule has 3 aliphatic rings. The lowest BCUT2D eigenvalue weighted by Gasteiger charge is -2.38. The molecule has 0 aromatic carbocycles. The number of pyridine rings is 1. The molecule has 11 heteroatoms. The Balaban J connectivity index is 1.39. The minimum absolute atomic E-state index is 0.0393. The fourth-order valence-corrected chi connectivity index (χ4v) is 6.60. The molecule has 2 N–H and O–H groups in total. The maximum atomic E-state index is 13.8. The molecule has 1 saturated heterocycles. The van der Waals surface area contributed by atoms with Gasteiger partial charge < -0.3 is 10.5 Å². The van der Waals surface area contributed by atoms with Gasteiger partial charge in [-0.3, -0.25) is 19.5 Å². The molecule has 0 bridgehead atoms. The van der Waals surface area contributed by atoms with Gasteiger partial charge in [0.25, 0.3) is 0 Å². The van der Waals surface area contributed by atoms with Crippen LogP contribution >= 0.6 is 0 Å². The first kappa shape index (κ1) is 27.2. The van der Waals surface area contributed by atoms with Gasteiger partial charge in [-0.1, -0.05) is 11.6 Å². The Morgan fingerprint density at radius 1 is 1.15 bits per heavy atom. The van der Waals surface area contributed by atoms with E-state index in [1.54, 1.807) is 29.3 Å². The van der Waals surface area contributed by atoms with Crippen LogP contribution in [0, 0.1) is 5.41 Å². The summed E-state index contributed by atoms with van der Waals surface area (Å²) in [6.07, 6.45) is 11.7. The largest absolute Gasteiger partial charge is 0.473 e. The molecule has 2 aliphatic carbocycles. The van der Waals surface area contributed by atoms with Crippen molar-refractivity contribution in [1.82, 2.24) is 34.8 Å². The van der Waals surface area contributed by atoms with Crippen molar-refractivity contribution < 1.29 is 14.3 Å². The Kier molecular flexibility index (Phi) is 7.37. The third kappa shape index (κ3) is 5.14. The number of allylic oxidation sites excluding steroid dienone is 1. The molecule has 6 rings (SSSR count). The molecule has 1 aliphatic heterocycles. The third-order valence-corrected chi connectivity index (χ3v) is 8.90. The van der Waals surface area contributed by atoms with Gasteiger partial charge >= 0.3 is 0 Å². The Labute approximate surface area is 239 Å². The molecule has 214 valence electrons. The number of ketones is 2. The van der Waals surface area contributed by atoms with Gasteiger partial charge in [0.15, 0.2) is 17.4 Å². The molecule has 0 radical (unpaired) electrons. The van der Waals surface area contributed by atoms with Gasteiger partial charge in [0.2, 0.25) is 5.88 Å². The highest BCUT2D eigenvalue weighted by molar-refractivity contribution is 6.17. The van der Waals surface area contributed by atoms with E-state index in [-0.39, 0.29) is 35.2 Å². The maximum Gasteiger partial charge on any atom is 0.219 e. The van der Waals surface area contributed by atoms with Crippen molar-refractivity contribution in [2.45, 2.75) is 76.9 Å². The van der Waals surface area contributed by atoms with Gasteiger partial charge in [0.05, 0.1) is 17.3 Å². The molecule has 11 nitrogen and oxygen atoms in total. The van der Waals surface area contributed by atoms with E-state index >= 15 is 0 Å². The minimum Gasteiger partial charge on any atom is -0.473 e. The predicted octanol–water partition coefficient (Wildman–Crippen LogP) is 3.53. The van der Waals surface area contributed by atoms with Crippen molar-refractivity contribution in [1.29, 1.82) is 0 Å². The highest BCUT2D eigenvalue weighted by atomic mass is 16.5. The lowest BCUT2D eigenvalue weighted by molar-refractivity contribution is -0.143. The topological polar surface area (TPSA) is 142 Å². The van der Waals surface area contributed by atoms with Crippen molar-refractivity contribution in [3.8, 4) is 23.0 Å². The third-order valence-electron chi connectivity index (χ3n) is 8.90. The monoisotopic (exact) mass is 556 g/mol. The molecular formula is C30H36N8O3. The molecule has 0 amide bonds. The van der Waals surface area contributed by atoms with E-state index in [1.165, 1.54) is 0 Å². The fourth-order valence-electron chi connectivity index (χ4n) is 6.60. The lowest BCUT2D eigenvalue weighted by atomic mass is 9.62. The number of Topliss-reactive ketones (excluding diaryl/α,β-unsaturated/α-hetero) is 2. The Morgan fingerprint density at radius 3 is 2.76 bits per heavy atom. The van der Waals surface area contributed by atoms with E-state index in [4.69, 9.17) is 15.5 Å². The average Bonchev–Trinajstić information content (AvgIpc) is 3.66. The Bertz CT molecular complexity index is 1480. The zero-order chi connectivity index (χ0) is 28.6. The van der Waals surface area contributed by atoms with Crippen LogP contribution in [0.25, 0.3) is 22.8 Å². The van der Waals surface area contributed by atoms with Crippen LogP contribution in [0.3, 0.4) is 0 Å². The number of nitrogens with zero attached hydrogens (tertiary/aromatic N) is 7. The molecule has 0 unspecified atom stereocenters. The SMILES string of the molecule is C[C@H](Oc1cc(-n2cc(-c3cccnc3)nn2)nc(C(N)=C2CCC[C@@]3(CCCCC3=O)C2=O)n1)[C@@H]1CCCN1C. The molecule has 41 heavy (non-hydrogen) atoms. The van der Waals surface area contributed by atoms with Gasteiger partial charge in [-0.2, -0.15) is 4.98 Å². The number of likely N-dealkylation sites (tertiary alicyclic amines) is 1. The van der Waals surface area contributed by atoms with Gasteiger partial charge in [-0.25, -0.2) is 9.67 Å². The zero-order valence-electron chi connectivity index (χ0n) is 23.6. The van der Waals surface area contributed by atoms with Crippen LogP contribution in [0.2, 0.25) is 0 Å². The quantitative estimate of drug-likeness (QED) is 0.354. The van der Waals surface area contributed by atoms with Gasteiger partial charge in [0.1, 0.15) is 17.6 Å². The predicted molar refractivity (Wildman–Crippen MR) is 152 cm³/mol. The maximum absolute atomic E-state index is 13.8. The van der Waals surface area contributed by atoms with Gasteiger partial charge in [0, 0.05) is 42.1 Å². The van der Waals surface area contributed by atoms with Crippen LogP contribution < -0.4 is 10.5 Å². The Morgan fingerprint density at radius 2 is 2.00 bits per heavy atom. The molecule has 3 aromatic rings. The average molecular weight is 557 g/mol. The van der Waals surface area contributed by atoms with Crippen molar-refractivity contribution in [2.24, 2.45) is 11.1 Å². The van der Waals surface area contributed by atoms with Gasteiger partial charge in [-0.15, -0.1) is 5.10 Å². The highest BCUT2D eigenvalue weighted by Gasteiger charge is 2.49. The lowest BCUT2D eigenvalue weighted by Crippen LogP contribution is -2.45. The highest BCUT2D eigenvalue weighted by Crippen LogP contribution is 2.45. The second kappa shape index (κ2) is 11.1. The summed E-state index contributed by atoms with van der Waals surface area (Å²) in [5, 5.41) is 8.59. The number of aromatic nitrogens is 6.